The highest BCUT2D eigenvalue weighted by Gasteiger charge is 2.42. The Hall–Kier alpha value is -3.55. The van der Waals surface area contributed by atoms with Crippen LogP contribution in [0.25, 0.3) is 15.3 Å². The number of rotatable bonds is 4. The molecule has 5 nitrogen and oxygen atoms in total. The number of fused-ring (bicyclic) bond motifs is 1. The zero-order valence-electron chi connectivity index (χ0n) is 18.8. The third kappa shape index (κ3) is 3.57. The number of thiazole rings is 1. The van der Waals surface area contributed by atoms with Gasteiger partial charge >= 0.3 is 0 Å². The van der Waals surface area contributed by atoms with Crippen molar-refractivity contribution >= 4 is 44.6 Å². The van der Waals surface area contributed by atoms with Crippen molar-refractivity contribution in [1.29, 1.82) is 0 Å². The van der Waals surface area contributed by atoms with Gasteiger partial charge in [-0.1, -0.05) is 35.6 Å². The normalized spacial score (nSPS) is 17.9. The molecule has 168 valence electrons. The van der Waals surface area contributed by atoms with Gasteiger partial charge in [0.25, 0.3) is 0 Å². The van der Waals surface area contributed by atoms with E-state index in [-0.39, 0.29) is 12.1 Å². The lowest BCUT2D eigenvalue weighted by atomic mass is 10.0. The van der Waals surface area contributed by atoms with E-state index in [0.29, 0.717) is 5.11 Å². The summed E-state index contributed by atoms with van der Waals surface area (Å²) in [7, 11) is 0. The van der Waals surface area contributed by atoms with Gasteiger partial charge in [0.1, 0.15) is 6.04 Å². The number of hydrogen-bond donors (Lipinski definition) is 1. The van der Waals surface area contributed by atoms with Crippen LogP contribution in [-0.2, 0) is 0 Å². The number of aryl methyl sites for hydroxylation is 2. The van der Waals surface area contributed by atoms with E-state index in [4.69, 9.17) is 17.2 Å². The predicted octanol–water partition coefficient (Wildman–Crippen LogP) is 6.28. The van der Waals surface area contributed by atoms with E-state index in [1.165, 1.54) is 15.8 Å². The lowest BCUT2D eigenvalue weighted by molar-refractivity contribution is 0.549. The van der Waals surface area contributed by atoms with Gasteiger partial charge in [0.05, 0.1) is 27.6 Å². The SMILES string of the molecule is Cc1cc(C)cc(N2C(=S)N[C@H](c3ccccn3)[C@H]2c2cccn2-c2nc3ccccc3s2)c1. The monoisotopic (exact) mass is 481 g/mol. The van der Waals surface area contributed by atoms with Crippen molar-refractivity contribution in [3.63, 3.8) is 0 Å². The van der Waals surface area contributed by atoms with Crippen LogP contribution in [-0.4, -0.2) is 19.6 Å². The number of nitrogens with one attached hydrogen (secondary N) is 1. The minimum absolute atomic E-state index is 0.0920. The Morgan fingerprint density at radius 3 is 2.50 bits per heavy atom. The van der Waals surface area contributed by atoms with Crippen molar-refractivity contribution in [2.24, 2.45) is 0 Å². The van der Waals surface area contributed by atoms with Gasteiger partial charge in [-0.15, -0.1) is 0 Å². The number of aromatic nitrogens is 3. The maximum Gasteiger partial charge on any atom is 0.194 e. The van der Waals surface area contributed by atoms with Gasteiger partial charge in [-0.25, -0.2) is 4.98 Å². The summed E-state index contributed by atoms with van der Waals surface area (Å²) in [4.78, 5) is 11.8. The Bertz CT molecular complexity index is 1450. The molecule has 0 saturated carbocycles. The standard InChI is InChI=1S/C27H23N5S2/c1-17-14-18(2)16-19(15-17)32-25(24(30-26(32)33)21-9-5-6-12-28-21)22-10-7-13-31(22)27-29-20-8-3-4-11-23(20)34-27/h3-16,24-25H,1-2H3,(H,30,33)/t24-,25-/m1/s1. The van der Waals surface area contributed by atoms with Crippen molar-refractivity contribution in [2.75, 3.05) is 4.90 Å². The molecule has 0 aliphatic carbocycles. The number of pyridine rings is 1. The Balaban J connectivity index is 1.53. The van der Waals surface area contributed by atoms with Crippen LogP contribution in [0, 0.1) is 13.8 Å². The minimum atomic E-state index is -0.0995. The second kappa shape index (κ2) is 8.34. The molecule has 7 heteroatoms. The maximum absolute atomic E-state index is 5.91. The zero-order chi connectivity index (χ0) is 23.2. The molecule has 1 aliphatic heterocycles. The number of thiocarbonyl (C=S) groups is 1. The van der Waals surface area contributed by atoms with Gasteiger partial charge in [-0.05, 0) is 85.7 Å². The van der Waals surface area contributed by atoms with Crippen LogP contribution in [0.15, 0.2) is 85.2 Å². The van der Waals surface area contributed by atoms with Crippen LogP contribution in [0.1, 0.15) is 34.6 Å². The summed E-state index contributed by atoms with van der Waals surface area (Å²) >= 11 is 7.61. The van der Waals surface area contributed by atoms with Crippen molar-refractivity contribution in [1.82, 2.24) is 19.9 Å². The molecule has 34 heavy (non-hydrogen) atoms. The van der Waals surface area contributed by atoms with E-state index in [1.807, 2.05) is 24.4 Å². The first-order valence-corrected chi connectivity index (χ1v) is 12.4. The summed E-state index contributed by atoms with van der Waals surface area (Å²) in [6.07, 6.45) is 3.92. The lowest BCUT2D eigenvalue weighted by Crippen LogP contribution is -2.30. The summed E-state index contributed by atoms with van der Waals surface area (Å²) in [5, 5.41) is 5.21. The smallest absolute Gasteiger partial charge is 0.194 e. The largest absolute Gasteiger partial charge is 0.351 e. The Kier molecular flexibility index (Phi) is 5.16. The van der Waals surface area contributed by atoms with Crippen molar-refractivity contribution in [2.45, 2.75) is 25.9 Å². The molecule has 1 aliphatic rings. The summed E-state index contributed by atoms with van der Waals surface area (Å²) in [5.74, 6) is 0. The van der Waals surface area contributed by atoms with E-state index in [0.717, 1.165) is 27.7 Å². The van der Waals surface area contributed by atoms with Crippen LogP contribution in [0.3, 0.4) is 0 Å². The molecule has 0 radical (unpaired) electrons. The number of nitrogens with zero attached hydrogens (tertiary/aromatic N) is 4. The fraction of sp³-hybridized carbons (Fsp3) is 0.148. The lowest BCUT2D eigenvalue weighted by Gasteiger charge is -2.29. The summed E-state index contributed by atoms with van der Waals surface area (Å²) in [6, 6.07) is 24.9. The van der Waals surface area contributed by atoms with Crippen LogP contribution < -0.4 is 10.2 Å². The number of para-hydroxylation sites is 1. The molecular weight excluding hydrogens is 458 g/mol. The average Bonchev–Trinajstić information content (AvgIpc) is 3.54. The summed E-state index contributed by atoms with van der Waals surface area (Å²) < 4.78 is 3.36. The first-order chi connectivity index (χ1) is 16.6. The predicted molar refractivity (Wildman–Crippen MR) is 143 cm³/mol. The summed E-state index contributed by atoms with van der Waals surface area (Å²) in [6.45, 7) is 4.25. The van der Waals surface area contributed by atoms with Crippen LogP contribution in [0.5, 0.6) is 0 Å². The molecule has 5 aromatic rings. The van der Waals surface area contributed by atoms with Crippen molar-refractivity contribution in [3.05, 3.63) is 108 Å². The molecule has 6 rings (SSSR count). The van der Waals surface area contributed by atoms with Crippen LogP contribution in [0.4, 0.5) is 5.69 Å². The van der Waals surface area contributed by atoms with Gasteiger partial charge in [0.15, 0.2) is 10.2 Å². The molecule has 2 aromatic carbocycles. The minimum Gasteiger partial charge on any atom is -0.351 e. The quantitative estimate of drug-likeness (QED) is 0.306. The first-order valence-electron chi connectivity index (χ1n) is 11.2. The van der Waals surface area contributed by atoms with E-state index in [1.54, 1.807) is 11.3 Å². The molecule has 0 spiro atoms. The molecule has 0 bridgehead atoms. The molecule has 1 N–H and O–H groups in total. The van der Waals surface area contributed by atoms with Gasteiger partial charge in [0, 0.05) is 18.1 Å². The third-order valence-corrected chi connectivity index (χ3v) is 7.50. The van der Waals surface area contributed by atoms with E-state index in [9.17, 15) is 0 Å². The number of benzene rings is 2. The fourth-order valence-corrected chi connectivity index (χ4v) is 6.11. The van der Waals surface area contributed by atoms with Crippen LogP contribution in [0.2, 0.25) is 0 Å². The maximum atomic E-state index is 5.91. The summed E-state index contributed by atoms with van der Waals surface area (Å²) in [5.41, 5.74) is 6.57. The van der Waals surface area contributed by atoms with Gasteiger partial charge in [-0.3, -0.25) is 9.55 Å². The van der Waals surface area contributed by atoms with E-state index >= 15 is 0 Å². The van der Waals surface area contributed by atoms with Crippen molar-refractivity contribution < 1.29 is 0 Å². The number of hydrogen-bond acceptors (Lipinski definition) is 4. The Morgan fingerprint density at radius 1 is 0.941 bits per heavy atom. The molecule has 2 atom stereocenters. The zero-order valence-corrected chi connectivity index (χ0v) is 20.5. The molecule has 1 saturated heterocycles. The highest BCUT2D eigenvalue weighted by Crippen LogP contribution is 2.43. The first kappa shape index (κ1) is 21.0. The average molecular weight is 482 g/mol. The molecule has 1 fully saturated rings. The molecular formula is C27H23N5S2. The second-order valence-corrected chi connectivity index (χ2v) is 10.0. The van der Waals surface area contributed by atoms with Crippen LogP contribution >= 0.6 is 23.6 Å². The number of anilines is 1. The highest BCUT2D eigenvalue weighted by molar-refractivity contribution is 7.80. The molecule has 4 heterocycles. The van der Waals surface area contributed by atoms with Crippen molar-refractivity contribution in [3.8, 4) is 5.13 Å². The van der Waals surface area contributed by atoms with E-state index < -0.39 is 0 Å². The third-order valence-electron chi connectivity index (χ3n) is 6.15. The second-order valence-electron chi connectivity index (χ2n) is 8.61. The molecule has 3 aromatic heterocycles. The van der Waals surface area contributed by atoms with Gasteiger partial charge in [0.2, 0.25) is 0 Å². The Morgan fingerprint density at radius 2 is 1.74 bits per heavy atom. The molecule has 0 unspecified atom stereocenters. The Labute approximate surface area is 207 Å². The molecule has 0 amide bonds. The van der Waals surface area contributed by atoms with Gasteiger partial charge < -0.3 is 10.2 Å². The van der Waals surface area contributed by atoms with Gasteiger partial charge in [-0.2, -0.15) is 0 Å². The fourth-order valence-electron chi connectivity index (χ4n) is 4.80. The van der Waals surface area contributed by atoms with E-state index in [2.05, 4.69) is 94.4 Å². The highest BCUT2D eigenvalue weighted by atomic mass is 32.1. The topological polar surface area (TPSA) is 46.0 Å².